The molecule has 0 amide bonds. The highest BCUT2D eigenvalue weighted by atomic mass is 19.3. The summed E-state index contributed by atoms with van der Waals surface area (Å²) in [6, 6.07) is 3.24. The summed E-state index contributed by atoms with van der Waals surface area (Å²) >= 11 is 0. The molecule has 0 aromatic heterocycles. The summed E-state index contributed by atoms with van der Waals surface area (Å²) in [7, 11) is 0. The number of alkyl halides is 2. The van der Waals surface area contributed by atoms with Crippen molar-refractivity contribution >= 4 is 0 Å². The smallest absolute Gasteiger partial charge is 0.251 e. The summed E-state index contributed by atoms with van der Waals surface area (Å²) in [5, 5.41) is 9.83. The second-order valence-electron chi connectivity index (χ2n) is 4.30. The predicted molar refractivity (Wildman–Crippen MR) is 64.1 cm³/mol. The van der Waals surface area contributed by atoms with E-state index in [4.69, 9.17) is 0 Å². The van der Waals surface area contributed by atoms with E-state index in [9.17, 15) is 22.7 Å². The molecule has 6 heteroatoms. The number of rotatable bonds is 7. The minimum Gasteiger partial charge on any atom is -0.387 e. The van der Waals surface area contributed by atoms with Crippen LogP contribution in [0.4, 0.5) is 17.6 Å². The molecule has 0 heterocycles. The lowest BCUT2D eigenvalue weighted by Crippen LogP contribution is -2.34. The summed E-state index contributed by atoms with van der Waals surface area (Å²) < 4.78 is 51.6. The molecule has 0 saturated carbocycles. The molecule has 1 unspecified atom stereocenters. The Balaban J connectivity index is 2.78. The number of benzene rings is 1. The molecule has 2 nitrogen and oxygen atoms in total. The molecule has 1 aromatic rings. The molecule has 1 atom stereocenters. The molecule has 108 valence electrons. The third kappa shape index (κ3) is 4.80. The van der Waals surface area contributed by atoms with Gasteiger partial charge in [-0.2, -0.15) is 0 Å². The first-order valence-corrected chi connectivity index (χ1v) is 6.08. The summed E-state index contributed by atoms with van der Waals surface area (Å²) in [6.07, 6.45) is -3.41. The Hall–Kier alpha value is -1.14. The molecule has 1 rings (SSSR count). The zero-order valence-corrected chi connectivity index (χ0v) is 10.6. The lowest BCUT2D eigenvalue weighted by molar-refractivity contribution is 0.0524. The van der Waals surface area contributed by atoms with Crippen LogP contribution in [0, 0.1) is 11.6 Å². The van der Waals surface area contributed by atoms with Crippen LogP contribution in [0.3, 0.4) is 0 Å². The van der Waals surface area contributed by atoms with Crippen LogP contribution in [-0.2, 0) is 0 Å². The Bertz CT molecular complexity index is 380. The third-order valence-corrected chi connectivity index (χ3v) is 2.70. The van der Waals surface area contributed by atoms with Crippen LogP contribution in [0.5, 0.6) is 0 Å². The van der Waals surface area contributed by atoms with Crippen molar-refractivity contribution in [1.82, 2.24) is 4.90 Å². The van der Waals surface area contributed by atoms with E-state index in [1.165, 1.54) is 11.0 Å². The number of hydrogen-bond acceptors (Lipinski definition) is 2. The highest BCUT2D eigenvalue weighted by Gasteiger charge is 2.21. The van der Waals surface area contributed by atoms with E-state index in [-0.39, 0.29) is 6.54 Å². The monoisotopic (exact) mass is 279 g/mol. The zero-order chi connectivity index (χ0) is 14.4. The van der Waals surface area contributed by atoms with Crippen molar-refractivity contribution in [1.29, 1.82) is 0 Å². The first-order valence-electron chi connectivity index (χ1n) is 6.08. The van der Waals surface area contributed by atoms with Crippen LogP contribution in [0.1, 0.15) is 25.0 Å². The van der Waals surface area contributed by atoms with E-state index in [1.807, 2.05) is 0 Å². The van der Waals surface area contributed by atoms with Gasteiger partial charge in [-0.15, -0.1) is 0 Å². The lowest BCUT2D eigenvalue weighted by atomic mass is 10.1. The summed E-state index contributed by atoms with van der Waals surface area (Å²) in [4.78, 5) is 1.29. The van der Waals surface area contributed by atoms with Crippen molar-refractivity contribution in [2.24, 2.45) is 0 Å². The van der Waals surface area contributed by atoms with Crippen LogP contribution in [0.25, 0.3) is 0 Å². The molecule has 0 spiro atoms. The Labute approximate surface area is 109 Å². The maximum atomic E-state index is 13.4. The van der Waals surface area contributed by atoms with Crippen molar-refractivity contribution in [2.75, 3.05) is 19.6 Å². The fourth-order valence-corrected chi connectivity index (χ4v) is 1.93. The molecule has 0 saturated heterocycles. The molecule has 0 bridgehead atoms. The van der Waals surface area contributed by atoms with E-state index < -0.39 is 36.3 Å². The third-order valence-electron chi connectivity index (χ3n) is 2.70. The predicted octanol–water partition coefficient (Wildman–Crippen LogP) is 2.98. The summed E-state index contributed by atoms with van der Waals surface area (Å²) in [6.45, 7) is 1.38. The van der Waals surface area contributed by atoms with Gasteiger partial charge in [0, 0.05) is 6.54 Å². The summed E-state index contributed by atoms with van der Waals surface area (Å²) in [5.41, 5.74) is -0.474. The number of hydrogen-bond donors (Lipinski definition) is 1. The van der Waals surface area contributed by atoms with Gasteiger partial charge in [0.05, 0.1) is 18.2 Å². The first-order chi connectivity index (χ1) is 8.95. The van der Waals surface area contributed by atoms with Gasteiger partial charge < -0.3 is 5.11 Å². The maximum Gasteiger partial charge on any atom is 0.251 e. The Morgan fingerprint density at radius 1 is 1.16 bits per heavy atom. The molecular weight excluding hydrogens is 262 g/mol. The van der Waals surface area contributed by atoms with E-state index in [0.717, 1.165) is 12.1 Å². The Morgan fingerprint density at radius 2 is 1.74 bits per heavy atom. The average molecular weight is 279 g/mol. The van der Waals surface area contributed by atoms with Crippen molar-refractivity contribution in [3.8, 4) is 0 Å². The zero-order valence-electron chi connectivity index (χ0n) is 10.6. The van der Waals surface area contributed by atoms with Gasteiger partial charge in [0.2, 0.25) is 0 Å². The highest BCUT2D eigenvalue weighted by molar-refractivity contribution is 5.22. The first kappa shape index (κ1) is 15.9. The second-order valence-corrected chi connectivity index (χ2v) is 4.30. The summed E-state index contributed by atoms with van der Waals surface area (Å²) in [5.74, 6) is -1.75. The standard InChI is InChI=1S/C13H17F4NO/c1-2-6-18(8-12(16)17)7-11(19)13-9(14)4-3-5-10(13)15/h3-5,11-12,19H,2,6-8H2,1H3. The van der Waals surface area contributed by atoms with Crippen LogP contribution in [-0.4, -0.2) is 36.1 Å². The normalized spacial score (nSPS) is 13.3. The molecule has 0 fully saturated rings. The minimum absolute atomic E-state index is 0.226. The van der Waals surface area contributed by atoms with Gasteiger partial charge >= 0.3 is 0 Å². The highest BCUT2D eigenvalue weighted by Crippen LogP contribution is 2.21. The van der Waals surface area contributed by atoms with E-state index >= 15 is 0 Å². The van der Waals surface area contributed by atoms with Gasteiger partial charge in [0.1, 0.15) is 11.6 Å². The Morgan fingerprint density at radius 3 is 2.21 bits per heavy atom. The second kappa shape index (κ2) is 7.45. The van der Waals surface area contributed by atoms with Crippen LogP contribution < -0.4 is 0 Å². The molecule has 0 radical (unpaired) electrons. The van der Waals surface area contributed by atoms with E-state index in [2.05, 4.69) is 0 Å². The number of halogens is 4. The lowest BCUT2D eigenvalue weighted by Gasteiger charge is -2.24. The largest absolute Gasteiger partial charge is 0.387 e. The van der Waals surface area contributed by atoms with Gasteiger partial charge in [0.15, 0.2) is 0 Å². The fraction of sp³-hybridized carbons (Fsp3) is 0.538. The SMILES string of the molecule is CCCN(CC(F)F)CC(O)c1c(F)cccc1F. The molecule has 0 aliphatic carbocycles. The van der Waals surface area contributed by atoms with Crippen molar-refractivity contribution < 1.29 is 22.7 Å². The topological polar surface area (TPSA) is 23.5 Å². The van der Waals surface area contributed by atoms with Crippen LogP contribution in [0.2, 0.25) is 0 Å². The van der Waals surface area contributed by atoms with Crippen molar-refractivity contribution in [3.05, 3.63) is 35.4 Å². The molecule has 1 aromatic carbocycles. The number of aliphatic hydroxyl groups excluding tert-OH is 1. The number of nitrogens with zero attached hydrogens (tertiary/aromatic N) is 1. The van der Waals surface area contributed by atoms with E-state index in [0.29, 0.717) is 13.0 Å². The number of aliphatic hydroxyl groups is 1. The van der Waals surface area contributed by atoms with Gasteiger partial charge in [-0.25, -0.2) is 17.6 Å². The van der Waals surface area contributed by atoms with Gasteiger partial charge in [-0.05, 0) is 25.1 Å². The van der Waals surface area contributed by atoms with Crippen molar-refractivity contribution in [2.45, 2.75) is 25.9 Å². The van der Waals surface area contributed by atoms with Gasteiger partial charge in [-0.3, -0.25) is 4.90 Å². The molecule has 0 aliphatic rings. The van der Waals surface area contributed by atoms with Crippen LogP contribution in [0.15, 0.2) is 18.2 Å². The molecular formula is C13H17F4NO. The van der Waals surface area contributed by atoms with Gasteiger partial charge in [0.25, 0.3) is 6.43 Å². The minimum atomic E-state index is -2.55. The van der Waals surface area contributed by atoms with Crippen LogP contribution >= 0.6 is 0 Å². The fourth-order valence-electron chi connectivity index (χ4n) is 1.93. The van der Waals surface area contributed by atoms with E-state index in [1.54, 1.807) is 6.92 Å². The van der Waals surface area contributed by atoms with Gasteiger partial charge in [-0.1, -0.05) is 13.0 Å². The quantitative estimate of drug-likeness (QED) is 0.776. The molecule has 0 aliphatic heterocycles. The molecule has 19 heavy (non-hydrogen) atoms. The maximum absolute atomic E-state index is 13.4. The average Bonchev–Trinajstić information content (AvgIpc) is 2.27. The van der Waals surface area contributed by atoms with Crippen molar-refractivity contribution in [3.63, 3.8) is 0 Å². The Kier molecular flexibility index (Phi) is 6.24. The molecule has 1 N–H and O–H groups in total.